The first-order valence-corrected chi connectivity index (χ1v) is 10.2. The van der Waals surface area contributed by atoms with Gasteiger partial charge in [-0.1, -0.05) is 17.7 Å². The Balaban J connectivity index is 1.48. The largest absolute Gasteiger partial charge is 0.489 e. The number of hydrogen-bond donors (Lipinski definition) is 1. The van der Waals surface area contributed by atoms with Gasteiger partial charge < -0.3 is 9.84 Å². The smallest absolute Gasteiger partial charge is 0.338 e. The lowest BCUT2D eigenvalue weighted by Crippen LogP contribution is -2.40. The van der Waals surface area contributed by atoms with Gasteiger partial charge in [-0.05, 0) is 67.5 Å². The molecular formula is C22H22ClF2NO3. The number of halogens is 3. The Morgan fingerprint density at radius 2 is 2.00 bits per heavy atom. The molecule has 0 amide bonds. The Kier molecular flexibility index (Phi) is 5.74. The molecule has 0 aromatic heterocycles. The van der Waals surface area contributed by atoms with Gasteiger partial charge in [-0.25, -0.2) is 13.6 Å². The van der Waals surface area contributed by atoms with Crippen molar-refractivity contribution in [3.8, 4) is 5.75 Å². The molecule has 1 saturated carbocycles. The minimum atomic E-state index is -1.27. The SMILES string of the molecule is O=C(O)c1cc(C2CC2)c(OC2CCCN(Cc3ccc(F)cc3Cl)C2)cc1F. The summed E-state index contributed by atoms with van der Waals surface area (Å²) in [5.74, 6) is -1.72. The number of carboxylic acid groups (broad SMARTS) is 1. The van der Waals surface area contributed by atoms with Crippen molar-refractivity contribution in [1.29, 1.82) is 0 Å². The second-order valence-electron chi connectivity index (χ2n) is 7.80. The van der Waals surface area contributed by atoms with Gasteiger partial charge in [0.15, 0.2) is 0 Å². The van der Waals surface area contributed by atoms with Crippen LogP contribution in [0.5, 0.6) is 5.75 Å². The third kappa shape index (κ3) is 4.70. The van der Waals surface area contributed by atoms with Crippen LogP contribution in [0, 0.1) is 11.6 Å². The minimum Gasteiger partial charge on any atom is -0.489 e. The zero-order chi connectivity index (χ0) is 20.5. The highest BCUT2D eigenvalue weighted by molar-refractivity contribution is 6.31. The molecule has 1 N–H and O–H groups in total. The van der Waals surface area contributed by atoms with Crippen molar-refractivity contribution in [2.45, 2.75) is 44.2 Å². The van der Waals surface area contributed by atoms with Crippen molar-refractivity contribution < 1.29 is 23.4 Å². The summed E-state index contributed by atoms with van der Waals surface area (Å²) in [4.78, 5) is 13.4. The lowest BCUT2D eigenvalue weighted by atomic mass is 10.0. The molecule has 2 fully saturated rings. The molecule has 4 nitrogen and oxygen atoms in total. The van der Waals surface area contributed by atoms with Crippen LogP contribution in [-0.4, -0.2) is 35.2 Å². The second kappa shape index (κ2) is 8.28. The standard InChI is InChI=1S/C22H22ClF2NO3/c23-19-8-15(24)6-5-14(19)11-26-7-1-2-16(12-26)29-21-10-20(25)18(22(27)28)9-17(21)13-3-4-13/h5-6,8-10,13,16H,1-4,7,11-12H2,(H,27,28). The van der Waals surface area contributed by atoms with Crippen LogP contribution < -0.4 is 4.74 Å². The van der Waals surface area contributed by atoms with E-state index in [1.807, 2.05) is 0 Å². The van der Waals surface area contributed by atoms with E-state index in [2.05, 4.69) is 4.90 Å². The normalized spacial score (nSPS) is 19.9. The second-order valence-corrected chi connectivity index (χ2v) is 8.21. The first-order valence-electron chi connectivity index (χ1n) is 9.80. The van der Waals surface area contributed by atoms with E-state index >= 15 is 0 Å². The average Bonchev–Trinajstić information content (AvgIpc) is 3.49. The fourth-order valence-corrected chi connectivity index (χ4v) is 4.10. The zero-order valence-corrected chi connectivity index (χ0v) is 16.6. The molecule has 1 aliphatic carbocycles. The van der Waals surface area contributed by atoms with Gasteiger partial charge in [0.2, 0.25) is 0 Å². The molecule has 0 spiro atoms. The van der Waals surface area contributed by atoms with Crippen molar-refractivity contribution in [3.63, 3.8) is 0 Å². The molecule has 1 unspecified atom stereocenters. The molecule has 1 heterocycles. The van der Waals surface area contributed by atoms with E-state index in [9.17, 15) is 18.7 Å². The maximum atomic E-state index is 14.2. The topological polar surface area (TPSA) is 49.8 Å². The number of carbonyl (C=O) groups is 1. The van der Waals surface area contributed by atoms with Crippen LogP contribution in [0.4, 0.5) is 8.78 Å². The molecule has 7 heteroatoms. The van der Waals surface area contributed by atoms with Crippen LogP contribution in [-0.2, 0) is 6.54 Å². The van der Waals surface area contributed by atoms with Crippen molar-refractivity contribution in [2.75, 3.05) is 13.1 Å². The lowest BCUT2D eigenvalue weighted by molar-refractivity contribution is 0.0690. The number of rotatable bonds is 6. The fourth-order valence-electron chi connectivity index (χ4n) is 3.87. The summed E-state index contributed by atoms with van der Waals surface area (Å²) >= 11 is 6.15. The fraction of sp³-hybridized carbons (Fsp3) is 0.409. The van der Waals surface area contributed by atoms with E-state index in [-0.39, 0.29) is 23.4 Å². The lowest BCUT2D eigenvalue weighted by Gasteiger charge is -2.33. The number of hydrogen-bond acceptors (Lipinski definition) is 3. The maximum Gasteiger partial charge on any atom is 0.338 e. The van der Waals surface area contributed by atoms with Crippen molar-refractivity contribution in [2.24, 2.45) is 0 Å². The van der Waals surface area contributed by atoms with Gasteiger partial charge in [0.25, 0.3) is 0 Å². The number of aromatic carboxylic acids is 1. The molecular weight excluding hydrogens is 400 g/mol. The molecule has 4 rings (SSSR count). The third-order valence-corrected chi connectivity index (χ3v) is 5.86. The zero-order valence-electron chi connectivity index (χ0n) is 15.8. The molecule has 154 valence electrons. The number of nitrogens with zero attached hydrogens (tertiary/aromatic N) is 1. The van der Waals surface area contributed by atoms with Gasteiger partial charge in [0, 0.05) is 24.2 Å². The Labute approximate surface area is 173 Å². The third-order valence-electron chi connectivity index (χ3n) is 5.51. The first-order chi connectivity index (χ1) is 13.9. The predicted octanol–water partition coefficient (Wildman–Crippen LogP) is 5.24. The van der Waals surface area contributed by atoms with Gasteiger partial charge in [0.1, 0.15) is 23.5 Å². The molecule has 1 saturated heterocycles. The Morgan fingerprint density at radius 1 is 1.21 bits per heavy atom. The van der Waals surface area contributed by atoms with Crippen LogP contribution in [0.1, 0.15) is 53.1 Å². The van der Waals surface area contributed by atoms with Crippen LogP contribution in [0.2, 0.25) is 5.02 Å². The molecule has 1 atom stereocenters. The quantitative estimate of drug-likeness (QED) is 0.693. The van der Waals surface area contributed by atoms with Crippen LogP contribution in [0.3, 0.4) is 0 Å². The van der Waals surface area contributed by atoms with Gasteiger partial charge in [-0.2, -0.15) is 0 Å². The molecule has 1 aliphatic heterocycles. The Morgan fingerprint density at radius 3 is 2.69 bits per heavy atom. The molecule has 29 heavy (non-hydrogen) atoms. The van der Waals surface area contributed by atoms with Crippen molar-refractivity contribution in [1.82, 2.24) is 4.90 Å². The van der Waals surface area contributed by atoms with Gasteiger partial charge in [0.05, 0.1) is 5.56 Å². The highest BCUT2D eigenvalue weighted by Gasteiger charge is 2.31. The average molecular weight is 422 g/mol. The summed E-state index contributed by atoms with van der Waals surface area (Å²) < 4.78 is 33.7. The van der Waals surface area contributed by atoms with Crippen molar-refractivity contribution >= 4 is 17.6 Å². The summed E-state index contributed by atoms with van der Waals surface area (Å²) in [5, 5.41) is 9.60. The molecule has 2 aromatic carbocycles. The number of ether oxygens (including phenoxy) is 1. The summed E-state index contributed by atoms with van der Waals surface area (Å²) in [6, 6.07) is 7.03. The Hall–Kier alpha value is -2.18. The number of benzene rings is 2. The molecule has 0 bridgehead atoms. The van der Waals surface area contributed by atoms with E-state index in [1.165, 1.54) is 24.3 Å². The summed E-state index contributed by atoms with van der Waals surface area (Å²) in [7, 11) is 0. The predicted molar refractivity (Wildman–Crippen MR) is 106 cm³/mol. The van der Waals surface area contributed by atoms with E-state index < -0.39 is 11.8 Å². The summed E-state index contributed by atoms with van der Waals surface area (Å²) in [6.07, 6.45) is 3.54. The Bertz CT molecular complexity index is 933. The number of carboxylic acids is 1. The molecule has 2 aliphatic rings. The van der Waals surface area contributed by atoms with E-state index in [0.717, 1.165) is 43.4 Å². The number of likely N-dealkylation sites (tertiary alicyclic amines) is 1. The van der Waals surface area contributed by atoms with Crippen LogP contribution >= 0.6 is 11.6 Å². The molecule has 2 aromatic rings. The van der Waals surface area contributed by atoms with E-state index in [4.69, 9.17) is 16.3 Å². The minimum absolute atomic E-state index is 0.129. The van der Waals surface area contributed by atoms with Gasteiger partial charge in [-0.15, -0.1) is 0 Å². The monoisotopic (exact) mass is 421 g/mol. The highest BCUT2D eigenvalue weighted by Crippen LogP contribution is 2.45. The van der Waals surface area contributed by atoms with Crippen LogP contribution in [0.25, 0.3) is 0 Å². The maximum absolute atomic E-state index is 14.2. The van der Waals surface area contributed by atoms with Crippen LogP contribution in [0.15, 0.2) is 30.3 Å². The molecule has 0 radical (unpaired) electrons. The summed E-state index contributed by atoms with van der Waals surface area (Å²) in [6.45, 7) is 2.09. The first kappa shape index (κ1) is 20.1. The van der Waals surface area contributed by atoms with E-state index in [0.29, 0.717) is 23.9 Å². The highest BCUT2D eigenvalue weighted by atomic mass is 35.5. The van der Waals surface area contributed by atoms with E-state index in [1.54, 1.807) is 6.07 Å². The van der Waals surface area contributed by atoms with Gasteiger partial charge in [-0.3, -0.25) is 4.90 Å². The van der Waals surface area contributed by atoms with Crippen molar-refractivity contribution in [3.05, 3.63) is 63.7 Å². The van der Waals surface area contributed by atoms with Gasteiger partial charge >= 0.3 is 5.97 Å². The summed E-state index contributed by atoms with van der Waals surface area (Å²) in [5.41, 5.74) is 1.32. The number of piperidine rings is 1.